The average Bonchev–Trinajstić information content (AvgIpc) is 2.54. The molecule has 0 aromatic carbocycles. The van der Waals surface area contributed by atoms with Crippen molar-refractivity contribution in [3.8, 4) is 0 Å². The van der Waals surface area contributed by atoms with Gasteiger partial charge in [0.1, 0.15) is 0 Å². The molecule has 0 saturated carbocycles. The number of ether oxygens (including phenoxy) is 2. The van der Waals surface area contributed by atoms with E-state index >= 15 is 0 Å². The fourth-order valence-electron chi connectivity index (χ4n) is 2.18. The molecule has 0 bridgehead atoms. The van der Waals surface area contributed by atoms with Gasteiger partial charge in [0, 0.05) is 51.1 Å². The molecule has 0 saturated heterocycles. The number of rotatable bonds is 15. The van der Waals surface area contributed by atoms with Gasteiger partial charge in [-0.25, -0.2) is 0 Å². The highest BCUT2D eigenvalue weighted by atomic mass is 28.4. The lowest BCUT2D eigenvalue weighted by atomic mass is 10.4. The number of nitrogens with one attached hydrogen (secondary N) is 1. The highest BCUT2D eigenvalue weighted by Crippen LogP contribution is 2.14. The first-order valence-electron chi connectivity index (χ1n) is 7.59. The van der Waals surface area contributed by atoms with Crippen molar-refractivity contribution in [2.45, 2.75) is 37.3 Å². The quantitative estimate of drug-likeness (QED) is 0.271. The van der Waals surface area contributed by atoms with E-state index in [2.05, 4.69) is 5.32 Å². The summed E-state index contributed by atoms with van der Waals surface area (Å²) in [7, 11) is 5.92. The van der Waals surface area contributed by atoms with Crippen LogP contribution in [0.5, 0.6) is 0 Å². The summed E-state index contributed by atoms with van der Waals surface area (Å²) in [5.41, 5.74) is 0. The lowest BCUT2D eigenvalue weighted by Gasteiger charge is -2.24. The Balaban J connectivity index is 3.44. The van der Waals surface area contributed by atoms with Crippen LogP contribution < -0.4 is 5.32 Å². The molecule has 0 rings (SSSR count). The van der Waals surface area contributed by atoms with Gasteiger partial charge in [-0.1, -0.05) is 6.04 Å². The minimum Gasteiger partial charge on any atom is -0.377 e. The Hall–Kier alpha value is 0.194. The number of hydrogen-bond acceptors (Lipinski definition) is 6. The smallest absolute Gasteiger partial charge is 0.377 e. The highest BCUT2D eigenvalue weighted by Gasteiger charge is 2.36. The molecule has 0 unspecified atom stereocenters. The highest BCUT2D eigenvalue weighted by molar-refractivity contribution is 6.60. The molecular weight excluding hydrogens is 306 g/mol. The molecule has 0 spiro atoms. The summed E-state index contributed by atoms with van der Waals surface area (Å²) in [6, 6.07) is 3.27. The summed E-state index contributed by atoms with van der Waals surface area (Å²) in [5, 5.41) is 3.46. The standard InChI is InChI=1S/C13H33NO5Si2/c1-15-13(16-2)12-20-10-6-8-14-9-7-11-21(17-3,18-4)19-5/h13-14H,6-12,20H2,1-5H3. The SMILES string of the molecule is COC(C[SiH2]CCCNCCC[Si](OC)(OC)OC)OC. The van der Waals surface area contributed by atoms with Gasteiger partial charge in [-0.05, 0) is 32.0 Å². The first-order valence-corrected chi connectivity index (χ1v) is 11.5. The van der Waals surface area contributed by atoms with E-state index in [1.807, 2.05) is 0 Å². The Morgan fingerprint density at radius 1 is 0.905 bits per heavy atom. The lowest BCUT2D eigenvalue weighted by molar-refractivity contribution is -0.0876. The minimum atomic E-state index is -2.38. The molecule has 128 valence electrons. The van der Waals surface area contributed by atoms with Crippen molar-refractivity contribution in [2.75, 3.05) is 48.6 Å². The molecule has 6 nitrogen and oxygen atoms in total. The maximum absolute atomic E-state index is 5.39. The van der Waals surface area contributed by atoms with Gasteiger partial charge in [0.15, 0.2) is 6.29 Å². The molecule has 0 aliphatic rings. The first-order chi connectivity index (χ1) is 10.2. The summed E-state index contributed by atoms with van der Waals surface area (Å²) in [6.07, 6.45) is 2.24. The van der Waals surface area contributed by atoms with Crippen molar-refractivity contribution in [3.63, 3.8) is 0 Å². The van der Waals surface area contributed by atoms with E-state index in [-0.39, 0.29) is 15.8 Å². The second-order valence-corrected chi connectivity index (χ2v) is 9.98. The first kappa shape index (κ1) is 21.2. The van der Waals surface area contributed by atoms with Gasteiger partial charge in [0.25, 0.3) is 0 Å². The van der Waals surface area contributed by atoms with Crippen molar-refractivity contribution in [1.82, 2.24) is 5.32 Å². The topological polar surface area (TPSA) is 58.2 Å². The molecule has 8 heteroatoms. The summed E-state index contributed by atoms with van der Waals surface area (Å²) in [4.78, 5) is 0. The molecule has 0 aromatic rings. The molecule has 0 aliphatic heterocycles. The van der Waals surface area contributed by atoms with Crippen molar-refractivity contribution < 1.29 is 22.8 Å². The fraction of sp³-hybridized carbons (Fsp3) is 1.00. The van der Waals surface area contributed by atoms with Gasteiger partial charge in [0.05, 0.1) is 0 Å². The van der Waals surface area contributed by atoms with E-state index in [0.717, 1.165) is 31.6 Å². The fourth-order valence-corrected chi connectivity index (χ4v) is 5.60. The molecule has 0 atom stereocenters. The van der Waals surface area contributed by atoms with Gasteiger partial charge < -0.3 is 28.1 Å². The largest absolute Gasteiger partial charge is 0.500 e. The predicted octanol–water partition coefficient (Wildman–Crippen LogP) is 0.859. The van der Waals surface area contributed by atoms with Crippen LogP contribution >= 0.6 is 0 Å². The molecule has 0 aromatic heterocycles. The van der Waals surface area contributed by atoms with Crippen LogP contribution in [0.15, 0.2) is 0 Å². The van der Waals surface area contributed by atoms with Crippen molar-refractivity contribution in [1.29, 1.82) is 0 Å². The van der Waals surface area contributed by atoms with E-state index in [9.17, 15) is 0 Å². The third kappa shape index (κ3) is 9.74. The Kier molecular flexibility index (Phi) is 14.0. The second kappa shape index (κ2) is 13.8. The third-order valence-electron chi connectivity index (χ3n) is 3.59. The van der Waals surface area contributed by atoms with Crippen LogP contribution in [0.25, 0.3) is 0 Å². The summed E-state index contributed by atoms with van der Waals surface area (Å²) >= 11 is 0. The summed E-state index contributed by atoms with van der Waals surface area (Å²) in [6.45, 7) is 2.05. The van der Waals surface area contributed by atoms with Crippen LogP contribution in [-0.2, 0) is 22.8 Å². The van der Waals surface area contributed by atoms with Crippen LogP contribution in [0.1, 0.15) is 12.8 Å². The van der Waals surface area contributed by atoms with Crippen molar-refractivity contribution >= 4 is 18.3 Å². The molecule has 0 radical (unpaired) electrons. The lowest BCUT2D eigenvalue weighted by Crippen LogP contribution is -2.43. The van der Waals surface area contributed by atoms with E-state index in [0.29, 0.717) is 0 Å². The number of hydrogen-bond donors (Lipinski definition) is 1. The zero-order valence-electron chi connectivity index (χ0n) is 14.3. The molecule has 1 N–H and O–H groups in total. The molecule has 0 heterocycles. The van der Waals surface area contributed by atoms with Crippen molar-refractivity contribution in [3.05, 3.63) is 0 Å². The third-order valence-corrected chi connectivity index (χ3v) is 8.30. The van der Waals surface area contributed by atoms with E-state index < -0.39 is 8.80 Å². The predicted molar refractivity (Wildman–Crippen MR) is 89.7 cm³/mol. The van der Waals surface area contributed by atoms with Gasteiger partial charge in [-0.3, -0.25) is 0 Å². The van der Waals surface area contributed by atoms with E-state index in [4.69, 9.17) is 22.8 Å². The summed E-state index contributed by atoms with van der Waals surface area (Å²) in [5.74, 6) is 0. The Bertz CT molecular complexity index is 220. The molecule has 0 amide bonds. The second-order valence-electron chi connectivity index (χ2n) is 4.90. The van der Waals surface area contributed by atoms with Crippen LogP contribution in [0.3, 0.4) is 0 Å². The van der Waals surface area contributed by atoms with Gasteiger partial charge >= 0.3 is 8.80 Å². The monoisotopic (exact) mass is 339 g/mol. The molecule has 21 heavy (non-hydrogen) atoms. The van der Waals surface area contributed by atoms with Gasteiger partial charge in [-0.2, -0.15) is 0 Å². The van der Waals surface area contributed by atoms with Crippen LogP contribution in [-0.4, -0.2) is 73.3 Å². The summed E-state index contributed by atoms with van der Waals surface area (Å²) < 4.78 is 26.5. The maximum atomic E-state index is 5.39. The number of methoxy groups -OCH3 is 2. The Labute approximate surface area is 133 Å². The Morgan fingerprint density at radius 3 is 2.00 bits per heavy atom. The minimum absolute atomic E-state index is 0.000149. The van der Waals surface area contributed by atoms with E-state index in [1.165, 1.54) is 12.5 Å². The molecule has 0 aliphatic carbocycles. The zero-order valence-corrected chi connectivity index (χ0v) is 16.7. The van der Waals surface area contributed by atoms with Crippen LogP contribution in [0.2, 0.25) is 18.1 Å². The Morgan fingerprint density at radius 2 is 1.48 bits per heavy atom. The average molecular weight is 340 g/mol. The molecular formula is C13H33NO5Si2. The van der Waals surface area contributed by atoms with Gasteiger partial charge in [0.2, 0.25) is 0 Å². The van der Waals surface area contributed by atoms with Crippen LogP contribution in [0, 0.1) is 0 Å². The van der Waals surface area contributed by atoms with Crippen LogP contribution in [0.4, 0.5) is 0 Å². The molecule has 0 fully saturated rings. The van der Waals surface area contributed by atoms with E-state index in [1.54, 1.807) is 35.5 Å². The normalized spacial score (nSPS) is 12.9. The maximum Gasteiger partial charge on any atom is 0.500 e. The van der Waals surface area contributed by atoms with Crippen molar-refractivity contribution in [2.24, 2.45) is 0 Å². The zero-order chi connectivity index (χ0) is 16.0. The van der Waals surface area contributed by atoms with Gasteiger partial charge in [-0.15, -0.1) is 0 Å².